The second-order valence-corrected chi connectivity index (χ2v) is 6.32. The Bertz CT molecular complexity index is 556. The van der Waals surface area contributed by atoms with E-state index in [1.165, 1.54) is 6.07 Å². The Morgan fingerprint density at radius 1 is 1.47 bits per heavy atom. The SMILES string of the molecule is CCNC(Cc1ccc(Br)cc1F)c1csc(C)n1. The number of thiazole rings is 1. The van der Waals surface area contributed by atoms with E-state index in [1.807, 2.05) is 31.4 Å². The molecule has 0 spiro atoms. The number of aromatic nitrogens is 1. The monoisotopic (exact) mass is 342 g/mol. The fourth-order valence-electron chi connectivity index (χ4n) is 1.98. The van der Waals surface area contributed by atoms with Gasteiger partial charge in [-0.3, -0.25) is 0 Å². The van der Waals surface area contributed by atoms with Crippen molar-refractivity contribution >= 4 is 27.3 Å². The average molecular weight is 343 g/mol. The minimum atomic E-state index is -0.177. The minimum Gasteiger partial charge on any atom is -0.309 e. The molecule has 2 aromatic rings. The van der Waals surface area contributed by atoms with Gasteiger partial charge in [0.05, 0.1) is 16.7 Å². The number of likely N-dealkylation sites (N-methyl/N-ethyl adjacent to an activating group) is 1. The molecule has 5 heteroatoms. The van der Waals surface area contributed by atoms with E-state index in [2.05, 4.69) is 26.2 Å². The van der Waals surface area contributed by atoms with Gasteiger partial charge in [0.2, 0.25) is 0 Å². The number of nitrogens with one attached hydrogen (secondary N) is 1. The van der Waals surface area contributed by atoms with Crippen LogP contribution in [-0.4, -0.2) is 11.5 Å². The number of benzene rings is 1. The molecule has 0 bridgehead atoms. The molecule has 0 aliphatic heterocycles. The smallest absolute Gasteiger partial charge is 0.127 e. The molecular formula is C14H16BrFN2S. The van der Waals surface area contributed by atoms with Crippen molar-refractivity contribution in [1.29, 1.82) is 0 Å². The minimum absolute atomic E-state index is 0.0608. The van der Waals surface area contributed by atoms with Gasteiger partial charge in [-0.25, -0.2) is 9.37 Å². The van der Waals surface area contributed by atoms with Crippen LogP contribution in [0.4, 0.5) is 4.39 Å². The molecule has 102 valence electrons. The van der Waals surface area contributed by atoms with Gasteiger partial charge < -0.3 is 5.32 Å². The number of hydrogen-bond donors (Lipinski definition) is 1. The standard InChI is InChI=1S/C14H16BrFN2S/c1-3-17-13(14-8-19-9(2)18-14)6-10-4-5-11(15)7-12(10)16/h4-5,7-8,13,17H,3,6H2,1-2H3. The lowest BCUT2D eigenvalue weighted by Crippen LogP contribution is -2.23. The molecule has 0 amide bonds. The summed E-state index contributed by atoms with van der Waals surface area (Å²) in [5, 5.41) is 6.45. The zero-order chi connectivity index (χ0) is 13.8. The van der Waals surface area contributed by atoms with E-state index in [-0.39, 0.29) is 11.9 Å². The van der Waals surface area contributed by atoms with E-state index in [4.69, 9.17) is 0 Å². The molecule has 1 atom stereocenters. The molecule has 2 nitrogen and oxygen atoms in total. The van der Waals surface area contributed by atoms with Gasteiger partial charge in [0.1, 0.15) is 5.82 Å². The predicted octanol–water partition coefficient (Wildman–Crippen LogP) is 4.25. The first-order chi connectivity index (χ1) is 9.10. The Kier molecular flexibility index (Phi) is 5.07. The highest BCUT2D eigenvalue weighted by atomic mass is 79.9. The van der Waals surface area contributed by atoms with Gasteiger partial charge in [-0.2, -0.15) is 0 Å². The normalized spacial score (nSPS) is 12.6. The summed E-state index contributed by atoms with van der Waals surface area (Å²) in [6.45, 7) is 4.86. The van der Waals surface area contributed by atoms with Crippen molar-refractivity contribution in [2.24, 2.45) is 0 Å². The lowest BCUT2D eigenvalue weighted by Gasteiger charge is -2.16. The van der Waals surface area contributed by atoms with E-state index in [9.17, 15) is 4.39 Å². The molecule has 0 fully saturated rings. The molecule has 1 N–H and O–H groups in total. The van der Waals surface area contributed by atoms with Gasteiger partial charge in [0, 0.05) is 9.85 Å². The zero-order valence-corrected chi connectivity index (χ0v) is 13.3. The highest BCUT2D eigenvalue weighted by molar-refractivity contribution is 9.10. The summed E-state index contributed by atoms with van der Waals surface area (Å²) in [5.74, 6) is -0.177. The maximum Gasteiger partial charge on any atom is 0.127 e. The fourth-order valence-corrected chi connectivity index (χ4v) is 2.97. The summed E-state index contributed by atoms with van der Waals surface area (Å²) in [5.41, 5.74) is 1.70. The van der Waals surface area contributed by atoms with Crippen molar-refractivity contribution in [2.45, 2.75) is 26.3 Å². The molecule has 2 rings (SSSR count). The van der Waals surface area contributed by atoms with E-state index in [1.54, 1.807) is 11.3 Å². The first-order valence-electron chi connectivity index (χ1n) is 6.19. The van der Waals surface area contributed by atoms with Gasteiger partial charge in [-0.15, -0.1) is 11.3 Å². The van der Waals surface area contributed by atoms with Gasteiger partial charge in [0.15, 0.2) is 0 Å². The van der Waals surface area contributed by atoms with E-state index >= 15 is 0 Å². The molecule has 1 aromatic carbocycles. The van der Waals surface area contributed by atoms with Crippen LogP contribution in [0, 0.1) is 12.7 Å². The van der Waals surface area contributed by atoms with Crippen LogP contribution in [-0.2, 0) is 6.42 Å². The van der Waals surface area contributed by atoms with E-state index < -0.39 is 0 Å². The Labute approximate surface area is 125 Å². The van der Waals surface area contributed by atoms with Crippen LogP contribution in [0.1, 0.15) is 29.2 Å². The summed E-state index contributed by atoms with van der Waals surface area (Å²) in [4.78, 5) is 4.50. The lowest BCUT2D eigenvalue weighted by molar-refractivity contribution is 0.519. The maximum absolute atomic E-state index is 13.9. The molecular weight excluding hydrogens is 327 g/mol. The quantitative estimate of drug-likeness (QED) is 0.878. The summed E-state index contributed by atoms with van der Waals surface area (Å²) >= 11 is 4.90. The second-order valence-electron chi connectivity index (χ2n) is 4.34. The van der Waals surface area contributed by atoms with Gasteiger partial charge in [-0.05, 0) is 37.6 Å². The third kappa shape index (κ3) is 3.84. The van der Waals surface area contributed by atoms with Crippen LogP contribution in [0.5, 0.6) is 0 Å². The van der Waals surface area contributed by atoms with Crippen molar-refractivity contribution in [3.05, 3.63) is 50.1 Å². The molecule has 1 heterocycles. The lowest BCUT2D eigenvalue weighted by atomic mass is 10.0. The molecule has 1 aromatic heterocycles. The van der Waals surface area contributed by atoms with Crippen molar-refractivity contribution in [2.75, 3.05) is 6.54 Å². The molecule has 1 unspecified atom stereocenters. The first-order valence-corrected chi connectivity index (χ1v) is 7.86. The molecule has 0 radical (unpaired) electrons. The van der Waals surface area contributed by atoms with Gasteiger partial charge >= 0.3 is 0 Å². The largest absolute Gasteiger partial charge is 0.309 e. The number of nitrogens with zero attached hydrogens (tertiary/aromatic N) is 1. The van der Waals surface area contributed by atoms with E-state index in [0.29, 0.717) is 12.0 Å². The maximum atomic E-state index is 13.9. The molecule has 0 aliphatic carbocycles. The van der Waals surface area contributed by atoms with Crippen LogP contribution in [0.3, 0.4) is 0 Å². The predicted molar refractivity (Wildman–Crippen MR) is 81.1 cm³/mol. The van der Waals surface area contributed by atoms with Crippen molar-refractivity contribution in [3.8, 4) is 0 Å². The number of hydrogen-bond acceptors (Lipinski definition) is 3. The Balaban J connectivity index is 2.21. The first kappa shape index (κ1) is 14.6. The summed E-state index contributed by atoms with van der Waals surface area (Å²) in [6.07, 6.45) is 0.607. The van der Waals surface area contributed by atoms with Gasteiger partial charge in [0.25, 0.3) is 0 Å². The van der Waals surface area contributed by atoms with Crippen LogP contribution >= 0.6 is 27.3 Å². The summed E-state index contributed by atoms with van der Waals surface area (Å²) in [6, 6.07) is 5.26. The third-order valence-electron chi connectivity index (χ3n) is 2.88. The summed E-state index contributed by atoms with van der Waals surface area (Å²) < 4.78 is 14.7. The van der Waals surface area contributed by atoms with Crippen molar-refractivity contribution in [1.82, 2.24) is 10.3 Å². The Morgan fingerprint density at radius 2 is 2.26 bits per heavy atom. The summed E-state index contributed by atoms with van der Waals surface area (Å²) in [7, 11) is 0. The van der Waals surface area contributed by atoms with Crippen LogP contribution in [0.15, 0.2) is 28.1 Å². The third-order valence-corrected chi connectivity index (χ3v) is 4.17. The van der Waals surface area contributed by atoms with Crippen LogP contribution in [0.25, 0.3) is 0 Å². The highest BCUT2D eigenvalue weighted by Crippen LogP contribution is 2.23. The topological polar surface area (TPSA) is 24.9 Å². The van der Waals surface area contributed by atoms with Crippen LogP contribution < -0.4 is 5.32 Å². The number of rotatable bonds is 5. The Morgan fingerprint density at radius 3 is 2.84 bits per heavy atom. The Hall–Kier alpha value is -0.780. The second kappa shape index (κ2) is 6.59. The van der Waals surface area contributed by atoms with Gasteiger partial charge in [-0.1, -0.05) is 28.9 Å². The van der Waals surface area contributed by atoms with E-state index in [0.717, 1.165) is 21.7 Å². The molecule has 0 aliphatic rings. The molecule has 0 saturated carbocycles. The number of aryl methyl sites for hydroxylation is 1. The molecule has 19 heavy (non-hydrogen) atoms. The average Bonchev–Trinajstić information content (AvgIpc) is 2.78. The van der Waals surface area contributed by atoms with Crippen LogP contribution in [0.2, 0.25) is 0 Å². The van der Waals surface area contributed by atoms with Crippen molar-refractivity contribution < 1.29 is 4.39 Å². The fraction of sp³-hybridized carbons (Fsp3) is 0.357. The molecule has 0 saturated heterocycles. The van der Waals surface area contributed by atoms with Crippen molar-refractivity contribution in [3.63, 3.8) is 0 Å². The number of halogens is 2. The zero-order valence-electron chi connectivity index (χ0n) is 10.9. The highest BCUT2D eigenvalue weighted by Gasteiger charge is 2.16.